The van der Waals surface area contributed by atoms with Gasteiger partial charge >= 0.3 is 0 Å². The molecule has 118 valence electrons. The summed E-state index contributed by atoms with van der Waals surface area (Å²) in [6.45, 7) is 4.95. The third kappa shape index (κ3) is 4.67. The lowest BCUT2D eigenvalue weighted by atomic mass is 10.1. The number of rotatable bonds is 5. The zero-order valence-electron chi connectivity index (χ0n) is 12.9. The van der Waals surface area contributed by atoms with Gasteiger partial charge in [0.2, 0.25) is 0 Å². The summed E-state index contributed by atoms with van der Waals surface area (Å²) >= 11 is 0. The quantitative estimate of drug-likeness (QED) is 0.818. The summed E-state index contributed by atoms with van der Waals surface area (Å²) in [6.07, 6.45) is 6.58. The normalized spacial score (nSPS) is 16.6. The van der Waals surface area contributed by atoms with Crippen LogP contribution in [0.4, 0.5) is 14.5 Å². The van der Waals surface area contributed by atoms with E-state index in [1.165, 1.54) is 18.6 Å². The maximum atomic E-state index is 14.3. The molecule has 1 N–H and O–H groups in total. The zero-order valence-corrected chi connectivity index (χ0v) is 12.9. The van der Waals surface area contributed by atoms with Crippen molar-refractivity contribution < 1.29 is 8.78 Å². The lowest BCUT2D eigenvalue weighted by Gasteiger charge is -2.27. The van der Waals surface area contributed by atoms with Crippen LogP contribution < -0.4 is 10.2 Å². The molecule has 1 saturated heterocycles. The van der Waals surface area contributed by atoms with Gasteiger partial charge in [-0.3, -0.25) is 0 Å². The molecule has 21 heavy (non-hydrogen) atoms. The fourth-order valence-corrected chi connectivity index (χ4v) is 2.90. The SMILES string of the molecule is CCCNCc1cc(F)c(N2CCCCCCC2)c(F)c1. The Bertz CT molecular complexity index is 417. The Morgan fingerprint density at radius 2 is 1.57 bits per heavy atom. The Labute approximate surface area is 126 Å². The number of anilines is 1. The molecule has 1 aromatic rings. The predicted octanol–water partition coefficient (Wildman–Crippen LogP) is 4.23. The van der Waals surface area contributed by atoms with Gasteiger partial charge in [-0.15, -0.1) is 0 Å². The molecule has 0 spiro atoms. The number of benzene rings is 1. The van der Waals surface area contributed by atoms with Crippen LogP contribution in [0.1, 0.15) is 51.0 Å². The van der Waals surface area contributed by atoms with Crippen LogP contribution in [-0.4, -0.2) is 19.6 Å². The monoisotopic (exact) mass is 296 g/mol. The molecule has 1 heterocycles. The Kier molecular flexibility index (Phi) is 6.43. The number of nitrogens with zero attached hydrogens (tertiary/aromatic N) is 1. The zero-order chi connectivity index (χ0) is 15.1. The van der Waals surface area contributed by atoms with E-state index in [0.717, 1.165) is 51.7 Å². The summed E-state index contributed by atoms with van der Waals surface area (Å²) in [5, 5.41) is 3.18. The topological polar surface area (TPSA) is 15.3 Å². The molecule has 0 unspecified atom stereocenters. The van der Waals surface area contributed by atoms with Crippen molar-refractivity contribution in [3.63, 3.8) is 0 Å². The van der Waals surface area contributed by atoms with E-state index in [2.05, 4.69) is 12.2 Å². The van der Waals surface area contributed by atoms with E-state index in [9.17, 15) is 8.78 Å². The van der Waals surface area contributed by atoms with Gasteiger partial charge in [-0.2, -0.15) is 0 Å². The van der Waals surface area contributed by atoms with Crippen LogP contribution in [0.2, 0.25) is 0 Å². The molecule has 2 rings (SSSR count). The second-order valence-electron chi connectivity index (χ2n) is 5.84. The van der Waals surface area contributed by atoms with E-state index in [4.69, 9.17) is 0 Å². The van der Waals surface area contributed by atoms with E-state index in [0.29, 0.717) is 12.1 Å². The Balaban J connectivity index is 2.11. The van der Waals surface area contributed by atoms with E-state index in [1.54, 1.807) is 0 Å². The van der Waals surface area contributed by atoms with Gasteiger partial charge in [0.15, 0.2) is 0 Å². The van der Waals surface area contributed by atoms with Crippen molar-refractivity contribution in [3.8, 4) is 0 Å². The summed E-state index contributed by atoms with van der Waals surface area (Å²) in [6, 6.07) is 2.94. The maximum Gasteiger partial charge on any atom is 0.149 e. The third-order valence-corrected chi connectivity index (χ3v) is 4.00. The molecule has 0 bridgehead atoms. The van der Waals surface area contributed by atoms with Crippen LogP contribution in [0.15, 0.2) is 12.1 Å². The van der Waals surface area contributed by atoms with E-state index < -0.39 is 11.6 Å². The summed E-state index contributed by atoms with van der Waals surface area (Å²) in [5.41, 5.74) is 0.838. The second kappa shape index (κ2) is 8.32. The van der Waals surface area contributed by atoms with Crippen molar-refractivity contribution in [1.82, 2.24) is 5.32 Å². The minimum absolute atomic E-state index is 0.163. The Hall–Kier alpha value is -1.16. The van der Waals surface area contributed by atoms with Crippen molar-refractivity contribution in [2.24, 2.45) is 0 Å². The molecule has 0 amide bonds. The first-order valence-corrected chi connectivity index (χ1v) is 8.16. The largest absolute Gasteiger partial charge is 0.367 e. The van der Waals surface area contributed by atoms with Gasteiger partial charge in [0, 0.05) is 19.6 Å². The third-order valence-electron chi connectivity index (χ3n) is 4.00. The Morgan fingerprint density at radius 3 is 2.14 bits per heavy atom. The molecule has 0 saturated carbocycles. The van der Waals surface area contributed by atoms with Gasteiger partial charge in [-0.25, -0.2) is 8.78 Å². The summed E-state index contributed by atoms with van der Waals surface area (Å²) in [7, 11) is 0. The van der Waals surface area contributed by atoms with Crippen LogP contribution >= 0.6 is 0 Å². The molecule has 2 nitrogen and oxygen atoms in total. The summed E-state index contributed by atoms with van der Waals surface area (Å²) in [4.78, 5) is 1.88. The average molecular weight is 296 g/mol. The minimum atomic E-state index is -0.427. The number of halogens is 2. The fourth-order valence-electron chi connectivity index (χ4n) is 2.90. The molecule has 0 aromatic heterocycles. The standard InChI is InChI=1S/C17H26F2N2/c1-2-8-20-13-14-11-15(18)17(16(19)12-14)21-9-6-4-3-5-7-10-21/h11-12,20H,2-10,13H2,1H3. The van der Waals surface area contributed by atoms with Crippen LogP contribution in [0.25, 0.3) is 0 Å². The van der Waals surface area contributed by atoms with Crippen LogP contribution in [0.3, 0.4) is 0 Å². The molecule has 1 fully saturated rings. The van der Waals surface area contributed by atoms with E-state index >= 15 is 0 Å². The molecular weight excluding hydrogens is 270 g/mol. The smallest absolute Gasteiger partial charge is 0.149 e. The average Bonchev–Trinajstić information content (AvgIpc) is 2.40. The lowest BCUT2D eigenvalue weighted by Crippen LogP contribution is -2.29. The summed E-state index contributed by atoms with van der Waals surface area (Å²) < 4.78 is 28.7. The highest BCUT2D eigenvalue weighted by Crippen LogP contribution is 2.27. The molecule has 1 aromatic carbocycles. The van der Waals surface area contributed by atoms with Crippen molar-refractivity contribution in [1.29, 1.82) is 0 Å². The summed E-state index contributed by atoms with van der Waals surface area (Å²) in [5.74, 6) is -0.854. The lowest BCUT2D eigenvalue weighted by molar-refractivity contribution is 0.524. The maximum absolute atomic E-state index is 14.3. The van der Waals surface area contributed by atoms with Gasteiger partial charge in [0.25, 0.3) is 0 Å². The molecule has 0 atom stereocenters. The van der Waals surface area contributed by atoms with Crippen molar-refractivity contribution in [3.05, 3.63) is 29.3 Å². The highest BCUT2D eigenvalue weighted by Gasteiger charge is 2.18. The van der Waals surface area contributed by atoms with Crippen LogP contribution in [0.5, 0.6) is 0 Å². The van der Waals surface area contributed by atoms with Gasteiger partial charge in [-0.1, -0.05) is 26.2 Å². The van der Waals surface area contributed by atoms with Gasteiger partial charge in [-0.05, 0) is 43.5 Å². The molecule has 1 aliphatic rings. The first kappa shape index (κ1) is 16.2. The van der Waals surface area contributed by atoms with Gasteiger partial charge < -0.3 is 10.2 Å². The second-order valence-corrected chi connectivity index (χ2v) is 5.84. The number of hydrogen-bond acceptors (Lipinski definition) is 2. The number of nitrogens with one attached hydrogen (secondary N) is 1. The van der Waals surface area contributed by atoms with Crippen molar-refractivity contribution in [2.75, 3.05) is 24.5 Å². The molecule has 0 radical (unpaired) electrons. The Morgan fingerprint density at radius 1 is 1.00 bits per heavy atom. The van der Waals surface area contributed by atoms with Gasteiger partial charge in [0.1, 0.15) is 17.3 Å². The highest BCUT2D eigenvalue weighted by molar-refractivity contribution is 5.50. The van der Waals surface area contributed by atoms with E-state index in [-0.39, 0.29) is 5.69 Å². The molecule has 0 aliphatic carbocycles. The van der Waals surface area contributed by atoms with Gasteiger partial charge in [0.05, 0.1) is 0 Å². The highest BCUT2D eigenvalue weighted by atomic mass is 19.1. The van der Waals surface area contributed by atoms with Crippen LogP contribution in [0, 0.1) is 11.6 Å². The first-order valence-electron chi connectivity index (χ1n) is 8.16. The predicted molar refractivity (Wildman–Crippen MR) is 83.7 cm³/mol. The molecular formula is C17H26F2N2. The first-order chi connectivity index (χ1) is 10.2. The van der Waals surface area contributed by atoms with Crippen LogP contribution in [-0.2, 0) is 6.54 Å². The molecule has 1 aliphatic heterocycles. The van der Waals surface area contributed by atoms with Crippen molar-refractivity contribution in [2.45, 2.75) is 52.0 Å². The fraction of sp³-hybridized carbons (Fsp3) is 0.647. The molecule has 4 heteroatoms. The minimum Gasteiger partial charge on any atom is -0.367 e. The van der Waals surface area contributed by atoms with Crippen molar-refractivity contribution >= 4 is 5.69 Å². The number of hydrogen-bond donors (Lipinski definition) is 1. The van der Waals surface area contributed by atoms with E-state index in [1.807, 2.05) is 4.90 Å².